The number of methoxy groups -OCH3 is 2. The molecule has 0 fully saturated rings. The van der Waals surface area contributed by atoms with Crippen LogP contribution in [0, 0.1) is 0 Å². The van der Waals surface area contributed by atoms with Crippen molar-refractivity contribution in [3.63, 3.8) is 0 Å². The Labute approximate surface area is 97.0 Å². The summed E-state index contributed by atoms with van der Waals surface area (Å²) in [7, 11) is 1.90. The van der Waals surface area contributed by atoms with Crippen molar-refractivity contribution in [3.8, 4) is 11.5 Å². The quantitative estimate of drug-likeness (QED) is 0.729. The molecule has 0 heterocycles. The van der Waals surface area contributed by atoms with Gasteiger partial charge in [0, 0.05) is 22.6 Å². The van der Waals surface area contributed by atoms with E-state index in [0.29, 0.717) is 17.1 Å². The average molecular weight is 242 g/mol. The van der Waals surface area contributed by atoms with Gasteiger partial charge >= 0.3 is 0 Å². The highest BCUT2D eigenvalue weighted by Crippen LogP contribution is 2.27. The summed E-state index contributed by atoms with van der Waals surface area (Å²) in [5.41, 5.74) is 0.479. The molecule has 1 unspecified atom stereocenters. The van der Waals surface area contributed by atoms with E-state index < -0.39 is 10.8 Å². The lowest BCUT2D eigenvalue weighted by molar-refractivity contribution is 0.102. The Balaban J connectivity index is 2.98. The minimum Gasteiger partial charge on any atom is -0.493 e. The lowest BCUT2D eigenvalue weighted by Gasteiger charge is -2.08. The minimum absolute atomic E-state index is 0.0233. The number of carbonyl (C=O) groups is 1. The van der Waals surface area contributed by atoms with Gasteiger partial charge in [-0.25, -0.2) is 0 Å². The summed E-state index contributed by atoms with van der Waals surface area (Å²) in [5.74, 6) is 0.920. The van der Waals surface area contributed by atoms with Gasteiger partial charge in [0.05, 0.1) is 20.0 Å². The highest BCUT2D eigenvalue weighted by Gasteiger charge is 2.11. The van der Waals surface area contributed by atoms with Gasteiger partial charge < -0.3 is 9.47 Å². The van der Waals surface area contributed by atoms with Crippen LogP contribution in [0.3, 0.4) is 0 Å². The molecule has 0 N–H and O–H groups in total. The van der Waals surface area contributed by atoms with Gasteiger partial charge in [0.2, 0.25) is 0 Å². The Hall–Kier alpha value is -1.36. The molecule has 0 amide bonds. The van der Waals surface area contributed by atoms with Crippen LogP contribution in [0.15, 0.2) is 18.2 Å². The molecule has 1 aromatic carbocycles. The van der Waals surface area contributed by atoms with E-state index in [1.807, 2.05) is 0 Å². The van der Waals surface area contributed by atoms with Crippen molar-refractivity contribution in [2.24, 2.45) is 0 Å². The highest BCUT2D eigenvalue weighted by molar-refractivity contribution is 7.85. The average Bonchev–Trinajstić information content (AvgIpc) is 2.27. The van der Waals surface area contributed by atoms with Gasteiger partial charge in [0.25, 0.3) is 0 Å². The van der Waals surface area contributed by atoms with Crippen LogP contribution in [0.5, 0.6) is 11.5 Å². The zero-order chi connectivity index (χ0) is 12.1. The van der Waals surface area contributed by atoms with E-state index in [9.17, 15) is 9.00 Å². The number of ether oxygens (including phenoxy) is 2. The van der Waals surface area contributed by atoms with Gasteiger partial charge in [-0.1, -0.05) is 0 Å². The van der Waals surface area contributed by atoms with Gasteiger partial charge in [0.15, 0.2) is 17.3 Å². The lowest BCUT2D eigenvalue weighted by Crippen LogP contribution is -2.09. The maximum Gasteiger partial charge on any atom is 0.175 e. The second-order valence-electron chi connectivity index (χ2n) is 3.21. The van der Waals surface area contributed by atoms with Gasteiger partial charge in [0.1, 0.15) is 0 Å². The van der Waals surface area contributed by atoms with Gasteiger partial charge in [-0.15, -0.1) is 0 Å². The molecule has 0 saturated carbocycles. The van der Waals surface area contributed by atoms with E-state index in [-0.39, 0.29) is 11.5 Å². The molecule has 0 aliphatic heterocycles. The third-order valence-electron chi connectivity index (χ3n) is 2.04. The van der Waals surface area contributed by atoms with Gasteiger partial charge in [-0.3, -0.25) is 9.00 Å². The van der Waals surface area contributed by atoms with Crippen LogP contribution in [0.25, 0.3) is 0 Å². The second-order valence-corrected chi connectivity index (χ2v) is 4.65. The van der Waals surface area contributed by atoms with Crippen LogP contribution in [0.1, 0.15) is 10.4 Å². The zero-order valence-electron chi connectivity index (χ0n) is 9.48. The van der Waals surface area contributed by atoms with Crippen molar-refractivity contribution in [2.45, 2.75) is 0 Å². The number of hydrogen-bond donors (Lipinski definition) is 0. The summed E-state index contributed by atoms with van der Waals surface area (Å²) in [5, 5.41) is 0. The summed E-state index contributed by atoms with van der Waals surface area (Å²) in [6.45, 7) is 0. The summed E-state index contributed by atoms with van der Waals surface area (Å²) in [4.78, 5) is 11.6. The second kappa shape index (κ2) is 5.65. The van der Waals surface area contributed by atoms with E-state index in [2.05, 4.69) is 0 Å². The smallest absolute Gasteiger partial charge is 0.175 e. The number of carbonyl (C=O) groups excluding carboxylic acids is 1. The summed E-state index contributed by atoms with van der Waals surface area (Å²) >= 11 is 0. The first-order chi connectivity index (χ1) is 7.58. The van der Waals surface area contributed by atoms with Crippen molar-refractivity contribution in [1.29, 1.82) is 0 Å². The molecular formula is C11H14O4S. The fourth-order valence-corrected chi connectivity index (χ4v) is 1.81. The molecule has 0 spiro atoms. The largest absolute Gasteiger partial charge is 0.493 e. The summed E-state index contributed by atoms with van der Waals surface area (Å²) < 4.78 is 21.1. The van der Waals surface area contributed by atoms with Crippen LogP contribution in [-0.4, -0.2) is 36.2 Å². The molecule has 1 aromatic rings. The Morgan fingerprint density at radius 3 is 2.38 bits per heavy atom. The van der Waals surface area contributed by atoms with Gasteiger partial charge in [-0.05, 0) is 18.2 Å². The molecule has 0 aromatic heterocycles. The minimum atomic E-state index is -1.13. The topological polar surface area (TPSA) is 52.6 Å². The summed E-state index contributed by atoms with van der Waals surface area (Å²) in [6.07, 6.45) is 1.50. The molecule has 1 atom stereocenters. The molecule has 88 valence electrons. The monoisotopic (exact) mass is 242 g/mol. The lowest BCUT2D eigenvalue weighted by atomic mass is 10.1. The standard InChI is InChI=1S/C11H14O4S/c1-14-10-5-4-8(6-11(10)15-2)9(12)7-16(3)13/h4-6H,7H2,1-3H3. The Kier molecular flexibility index (Phi) is 4.49. The molecule has 0 radical (unpaired) electrons. The van der Waals surface area contributed by atoms with E-state index in [4.69, 9.17) is 9.47 Å². The fourth-order valence-electron chi connectivity index (χ4n) is 1.28. The maximum atomic E-state index is 11.6. The first-order valence-electron chi connectivity index (χ1n) is 4.63. The first-order valence-corrected chi connectivity index (χ1v) is 6.36. The van der Waals surface area contributed by atoms with Crippen LogP contribution >= 0.6 is 0 Å². The van der Waals surface area contributed by atoms with Crippen molar-refractivity contribution in [3.05, 3.63) is 23.8 Å². The molecule has 16 heavy (non-hydrogen) atoms. The number of benzene rings is 1. The van der Waals surface area contributed by atoms with E-state index in [0.717, 1.165) is 0 Å². The molecule has 0 aliphatic carbocycles. The van der Waals surface area contributed by atoms with Gasteiger partial charge in [-0.2, -0.15) is 0 Å². The predicted octanol–water partition coefficient (Wildman–Crippen LogP) is 1.26. The van der Waals surface area contributed by atoms with Crippen molar-refractivity contribution < 1.29 is 18.5 Å². The van der Waals surface area contributed by atoms with Crippen LogP contribution in [-0.2, 0) is 10.8 Å². The van der Waals surface area contributed by atoms with E-state index in [1.54, 1.807) is 18.2 Å². The summed E-state index contributed by atoms with van der Waals surface area (Å²) in [6, 6.07) is 4.88. The van der Waals surface area contributed by atoms with Crippen LogP contribution < -0.4 is 9.47 Å². The van der Waals surface area contributed by atoms with Crippen LogP contribution in [0.4, 0.5) is 0 Å². The normalized spacial score (nSPS) is 11.9. The molecule has 0 saturated heterocycles. The predicted molar refractivity (Wildman–Crippen MR) is 62.8 cm³/mol. The molecule has 0 bridgehead atoms. The molecular weight excluding hydrogens is 228 g/mol. The third kappa shape index (κ3) is 3.06. The van der Waals surface area contributed by atoms with Crippen molar-refractivity contribution in [1.82, 2.24) is 0 Å². The van der Waals surface area contributed by atoms with E-state index in [1.165, 1.54) is 20.5 Å². The van der Waals surface area contributed by atoms with Crippen LogP contribution in [0.2, 0.25) is 0 Å². The first kappa shape index (κ1) is 12.7. The molecule has 0 aliphatic rings. The Bertz CT molecular complexity index is 414. The maximum absolute atomic E-state index is 11.6. The fraction of sp³-hybridized carbons (Fsp3) is 0.364. The number of Topliss-reactive ketones (excluding diaryl/α,β-unsaturated/α-hetero) is 1. The Morgan fingerprint density at radius 1 is 1.25 bits per heavy atom. The highest BCUT2D eigenvalue weighted by atomic mass is 32.2. The van der Waals surface area contributed by atoms with Crippen molar-refractivity contribution >= 4 is 16.6 Å². The third-order valence-corrected chi connectivity index (χ3v) is 2.71. The zero-order valence-corrected chi connectivity index (χ0v) is 10.3. The van der Waals surface area contributed by atoms with Crippen molar-refractivity contribution in [2.75, 3.05) is 26.2 Å². The number of ketones is 1. The molecule has 5 heteroatoms. The Morgan fingerprint density at radius 2 is 1.88 bits per heavy atom. The number of hydrogen-bond acceptors (Lipinski definition) is 4. The molecule has 1 rings (SSSR count). The number of rotatable bonds is 5. The van der Waals surface area contributed by atoms with E-state index >= 15 is 0 Å². The SMILES string of the molecule is COc1ccc(C(=O)CS(C)=O)cc1OC. The molecule has 4 nitrogen and oxygen atoms in total.